The molecule has 0 aliphatic carbocycles. The van der Waals surface area contributed by atoms with E-state index in [2.05, 4.69) is 4.99 Å². The minimum Gasteiger partial charge on any atom is -0.508 e. The van der Waals surface area contributed by atoms with Gasteiger partial charge in [-0.25, -0.2) is 9.59 Å². The fourth-order valence-electron chi connectivity index (χ4n) is 3.58. The molecule has 1 aliphatic rings. The predicted octanol–water partition coefficient (Wildman–Crippen LogP) is 3.77. The maximum atomic E-state index is 12.6. The van der Waals surface area contributed by atoms with E-state index in [9.17, 15) is 29.7 Å². The molecule has 1 amide bonds. The topological polar surface area (TPSA) is 137 Å². The summed E-state index contributed by atoms with van der Waals surface area (Å²) in [4.78, 5) is 42.2. The zero-order valence-corrected chi connectivity index (χ0v) is 17.3. The zero-order valence-electron chi connectivity index (χ0n) is 17.3. The highest BCUT2D eigenvalue weighted by molar-refractivity contribution is 6.05. The number of aromatic hydroxyl groups is 2. The van der Waals surface area contributed by atoms with Crippen LogP contribution in [0.4, 0.5) is 11.4 Å². The Balaban J connectivity index is 1.78. The van der Waals surface area contributed by atoms with Gasteiger partial charge in [-0.15, -0.1) is 0 Å². The van der Waals surface area contributed by atoms with Crippen molar-refractivity contribution in [3.63, 3.8) is 0 Å². The van der Waals surface area contributed by atoms with Gasteiger partial charge in [-0.1, -0.05) is 24.3 Å². The van der Waals surface area contributed by atoms with Crippen LogP contribution in [-0.2, 0) is 9.53 Å². The number of esters is 1. The molecule has 0 fully saturated rings. The summed E-state index contributed by atoms with van der Waals surface area (Å²) in [5, 5.41) is 28.7. The monoisotopic (exact) mass is 446 g/mol. The minimum atomic E-state index is -1.25. The van der Waals surface area contributed by atoms with Gasteiger partial charge in [0.05, 0.1) is 22.5 Å². The molecule has 3 N–H and O–H groups in total. The van der Waals surface area contributed by atoms with E-state index in [4.69, 9.17) is 4.74 Å². The van der Waals surface area contributed by atoms with E-state index in [1.807, 2.05) is 0 Å². The lowest BCUT2D eigenvalue weighted by molar-refractivity contribution is -0.118. The van der Waals surface area contributed by atoms with Crippen LogP contribution in [0.25, 0.3) is 0 Å². The average molecular weight is 446 g/mol. The van der Waals surface area contributed by atoms with Crippen LogP contribution in [-0.4, -0.2) is 39.4 Å². The largest absolute Gasteiger partial charge is 0.508 e. The lowest BCUT2D eigenvalue weighted by atomic mass is 10.0. The van der Waals surface area contributed by atoms with E-state index in [1.54, 1.807) is 24.3 Å². The van der Waals surface area contributed by atoms with Crippen molar-refractivity contribution >= 4 is 35.4 Å². The number of carboxylic acid groups (broad SMARTS) is 1. The highest BCUT2D eigenvalue weighted by atomic mass is 16.6. The third kappa shape index (κ3) is 4.11. The molecular weight excluding hydrogens is 428 g/mol. The van der Waals surface area contributed by atoms with Gasteiger partial charge in [0.25, 0.3) is 0 Å². The molecule has 0 bridgehead atoms. The summed E-state index contributed by atoms with van der Waals surface area (Å²) in [5.74, 6) is -2.69. The van der Waals surface area contributed by atoms with E-state index < -0.39 is 24.1 Å². The molecule has 1 atom stereocenters. The Labute approximate surface area is 187 Å². The lowest BCUT2D eigenvalue weighted by Crippen LogP contribution is -2.40. The quantitative estimate of drug-likeness (QED) is 0.410. The van der Waals surface area contributed by atoms with Crippen LogP contribution in [0, 0.1) is 0 Å². The number of phenolic OH excluding ortho intramolecular Hbond substituents is 2. The van der Waals surface area contributed by atoms with Crippen LogP contribution in [0.5, 0.6) is 11.5 Å². The molecule has 9 nitrogen and oxygen atoms in total. The Morgan fingerprint density at radius 2 is 1.73 bits per heavy atom. The highest BCUT2D eigenvalue weighted by Gasteiger charge is 2.37. The summed E-state index contributed by atoms with van der Waals surface area (Å²) in [6, 6.07) is 14.6. The van der Waals surface area contributed by atoms with Crippen molar-refractivity contribution < 1.29 is 34.4 Å². The summed E-state index contributed by atoms with van der Waals surface area (Å²) < 4.78 is 5.56. The summed E-state index contributed by atoms with van der Waals surface area (Å²) in [5.41, 5.74) is 1.20. The number of aromatic carboxylic acids is 1. The second-order valence-electron chi connectivity index (χ2n) is 7.24. The number of anilines is 1. The Hall–Kier alpha value is -4.66. The second kappa shape index (κ2) is 8.46. The maximum Gasteiger partial charge on any atom is 0.342 e. The van der Waals surface area contributed by atoms with Crippen LogP contribution in [0.15, 0.2) is 65.7 Å². The van der Waals surface area contributed by atoms with Crippen LogP contribution in [0.3, 0.4) is 0 Å². The van der Waals surface area contributed by atoms with E-state index >= 15 is 0 Å². The van der Waals surface area contributed by atoms with Gasteiger partial charge in [-0.2, -0.15) is 0 Å². The number of hydrogen-bond acceptors (Lipinski definition) is 7. The minimum absolute atomic E-state index is 0.0581. The number of phenols is 2. The number of cyclic esters (lactones) is 1. The molecule has 4 rings (SSSR count). The van der Waals surface area contributed by atoms with Crippen molar-refractivity contribution in [2.45, 2.75) is 13.2 Å². The number of carboxylic acids is 1. The molecule has 0 spiro atoms. The third-order valence-electron chi connectivity index (χ3n) is 5.07. The number of carbonyl (C=O) groups excluding carboxylic acids is 2. The Kier molecular flexibility index (Phi) is 5.53. The number of ether oxygens (including phenoxy) is 1. The van der Waals surface area contributed by atoms with Gasteiger partial charge < -0.3 is 20.1 Å². The summed E-state index contributed by atoms with van der Waals surface area (Å²) in [6.07, 6.45) is 0.292. The fourth-order valence-corrected chi connectivity index (χ4v) is 3.58. The molecule has 33 heavy (non-hydrogen) atoms. The number of hydrogen-bond donors (Lipinski definition) is 3. The van der Waals surface area contributed by atoms with Crippen molar-refractivity contribution in [3.8, 4) is 11.5 Å². The van der Waals surface area contributed by atoms with Crippen molar-refractivity contribution in [3.05, 3.63) is 82.9 Å². The predicted molar refractivity (Wildman–Crippen MR) is 118 cm³/mol. The number of aliphatic imine (C=N–C) groups is 1. The van der Waals surface area contributed by atoms with Crippen LogP contribution in [0.2, 0.25) is 0 Å². The molecule has 3 aromatic carbocycles. The van der Waals surface area contributed by atoms with Crippen molar-refractivity contribution in [2.24, 2.45) is 4.99 Å². The number of nitrogens with zero attached hydrogens (tertiary/aromatic N) is 2. The zero-order chi connectivity index (χ0) is 23.7. The summed E-state index contributed by atoms with van der Waals surface area (Å²) >= 11 is 0. The van der Waals surface area contributed by atoms with Crippen molar-refractivity contribution in [1.82, 2.24) is 0 Å². The molecule has 0 saturated carbocycles. The van der Waals surface area contributed by atoms with E-state index in [-0.39, 0.29) is 28.3 Å². The molecule has 3 aromatic rings. The van der Waals surface area contributed by atoms with Gasteiger partial charge in [-0.3, -0.25) is 14.7 Å². The van der Waals surface area contributed by atoms with Gasteiger partial charge in [-0.05, 0) is 36.4 Å². The first kappa shape index (κ1) is 21.6. The van der Waals surface area contributed by atoms with Crippen LogP contribution in [0.1, 0.15) is 45.0 Å². The molecule has 0 aromatic heterocycles. The molecule has 1 unspecified atom stereocenters. The van der Waals surface area contributed by atoms with E-state index in [0.29, 0.717) is 16.8 Å². The molecule has 166 valence electrons. The van der Waals surface area contributed by atoms with E-state index in [0.717, 1.165) is 6.07 Å². The van der Waals surface area contributed by atoms with Gasteiger partial charge in [0.15, 0.2) is 0 Å². The first-order chi connectivity index (χ1) is 15.8. The summed E-state index contributed by atoms with van der Waals surface area (Å²) in [6.45, 7) is 1.33. The standard InChI is InChI=1S/C24H18N2O7/c1-13(27)26-21-9-7-16(29)11-19(21)24(32)33-22(26)17-5-3-2-4-14(17)12-25-20-8-6-15(28)10-18(20)23(30)31/h2-12,22,28-29H,1H3,(H,30,31). The van der Waals surface area contributed by atoms with Gasteiger partial charge in [0.1, 0.15) is 11.5 Å². The fraction of sp³-hybridized carbons (Fsp3) is 0.0833. The Morgan fingerprint density at radius 3 is 2.45 bits per heavy atom. The molecular formula is C24H18N2O7. The van der Waals surface area contributed by atoms with Crippen molar-refractivity contribution in [2.75, 3.05) is 4.90 Å². The van der Waals surface area contributed by atoms with Crippen LogP contribution >= 0.6 is 0 Å². The normalized spacial score (nSPS) is 15.2. The maximum absolute atomic E-state index is 12.6. The van der Waals surface area contributed by atoms with Gasteiger partial charge in [0.2, 0.25) is 12.1 Å². The first-order valence-corrected chi connectivity index (χ1v) is 9.79. The average Bonchev–Trinajstić information content (AvgIpc) is 2.78. The smallest absolute Gasteiger partial charge is 0.342 e. The summed E-state index contributed by atoms with van der Waals surface area (Å²) in [7, 11) is 0. The molecule has 1 heterocycles. The second-order valence-corrected chi connectivity index (χ2v) is 7.24. The SMILES string of the molecule is CC(=O)N1c2ccc(O)cc2C(=O)OC1c1ccccc1C=Nc1ccc(O)cc1C(=O)O. The third-order valence-corrected chi connectivity index (χ3v) is 5.07. The highest BCUT2D eigenvalue weighted by Crippen LogP contribution is 2.39. The Bertz CT molecular complexity index is 1320. The van der Waals surface area contributed by atoms with Gasteiger partial charge in [0, 0.05) is 24.3 Å². The number of fused-ring (bicyclic) bond motifs is 1. The first-order valence-electron chi connectivity index (χ1n) is 9.79. The molecule has 0 radical (unpaired) electrons. The number of rotatable bonds is 4. The molecule has 0 saturated heterocycles. The Morgan fingerprint density at radius 1 is 1.03 bits per heavy atom. The number of amides is 1. The van der Waals surface area contributed by atoms with Crippen molar-refractivity contribution in [1.29, 1.82) is 0 Å². The van der Waals surface area contributed by atoms with Crippen LogP contribution < -0.4 is 4.90 Å². The molecule has 9 heteroatoms. The molecule has 1 aliphatic heterocycles. The number of benzene rings is 3. The van der Waals surface area contributed by atoms with E-state index in [1.165, 1.54) is 48.4 Å². The van der Waals surface area contributed by atoms with Gasteiger partial charge >= 0.3 is 11.9 Å². The lowest BCUT2D eigenvalue weighted by Gasteiger charge is -2.36. The number of carbonyl (C=O) groups is 3.